The molecule has 18 heavy (non-hydrogen) atoms. The van der Waals surface area contributed by atoms with E-state index in [1.54, 1.807) is 6.07 Å². The third-order valence-electron chi connectivity index (χ3n) is 2.83. The highest BCUT2D eigenvalue weighted by Gasteiger charge is 2.05. The van der Waals surface area contributed by atoms with E-state index in [2.05, 4.69) is 14.9 Å². The third-order valence-corrected chi connectivity index (χ3v) is 2.83. The average Bonchev–Trinajstić information content (AvgIpc) is 2.36. The van der Waals surface area contributed by atoms with Gasteiger partial charge in [0.15, 0.2) is 0 Å². The van der Waals surface area contributed by atoms with Crippen molar-refractivity contribution >= 4 is 10.9 Å². The highest BCUT2D eigenvalue weighted by Crippen LogP contribution is 2.06. The van der Waals surface area contributed by atoms with Crippen molar-refractivity contribution in [1.29, 1.82) is 0 Å². The van der Waals surface area contributed by atoms with E-state index in [9.17, 15) is 4.79 Å². The fourth-order valence-electron chi connectivity index (χ4n) is 1.91. The Kier molecular flexibility index (Phi) is 4.07. The number of hydrogen-bond acceptors (Lipinski definition) is 4. The Morgan fingerprint density at radius 1 is 1.39 bits per heavy atom. The van der Waals surface area contributed by atoms with Crippen LogP contribution in [-0.4, -0.2) is 35.0 Å². The van der Waals surface area contributed by atoms with Gasteiger partial charge in [0.1, 0.15) is 5.82 Å². The van der Waals surface area contributed by atoms with Crippen molar-refractivity contribution in [2.75, 3.05) is 20.1 Å². The molecule has 96 valence electrons. The first-order valence-corrected chi connectivity index (χ1v) is 6.07. The van der Waals surface area contributed by atoms with Crippen molar-refractivity contribution in [3.05, 3.63) is 40.4 Å². The molecule has 1 aromatic carbocycles. The van der Waals surface area contributed by atoms with Gasteiger partial charge in [-0.25, -0.2) is 4.98 Å². The number of rotatable bonds is 5. The van der Waals surface area contributed by atoms with Crippen LogP contribution in [-0.2, 0) is 6.54 Å². The summed E-state index contributed by atoms with van der Waals surface area (Å²) < 4.78 is 0. The molecule has 2 rings (SSSR count). The summed E-state index contributed by atoms with van der Waals surface area (Å²) in [5, 5.41) is 0.630. The highest BCUT2D eigenvalue weighted by atomic mass is 16.1. The molecule has 0 radical (unpaired) electrons. The quantitative estimate of drug-likeness (QED) is 0.814. The Morgan fingerprint density at radius 2 is 2.17 bits per heavy atom. The Bertz CT molecular complexity index is 578. The molecule has 5 heteroatoms. The Morgan fingerprint density at radius 3 is 2.94 bits per heavy atom. The molecule has 0 aliphatic carbocycles. The number of nitrogens with zero attached hydrogens (tertiary/aromatic N) is 2. The first-order chi connectivity index (χ1) is 8.70. The Hall–Kier alpha value is -1.72. The molecular formula is C13H18N4O. The van der Waals surface area contributed by atoms with Crippen LogP contribution >= 0.6 is 0 Å². The predicted molar refractivity (Wildman–Crippen MR) is 72.4 cm³/mol. The van der Waals surface area contributed by atoms with Gasteiger partial charge >= 0.3 is 0 Å². The number of para-hydroxylation sites is 1. The zero-order valence-corrected chi connectivity index (χ0v) is 10.5. The maximum atomic E-state index is 11.9. The molecule has 0 aliphatic rings. The van der Waals surface area contributed by atoms with Gasteiger partial charge < -0.3 is 10.7 Å². The van der Waals surface area contributed by atoms with Crippen LogP contribution in [0.15, 0.2) is 29.1 Å². The summed E-state index contributed by atoms with van der Waals surface area (Å²) in [7, 11) is 1.99. The van der Waals surface area contributed by atoms with Crippen LogP contribution in [0.5, 0.6) is 0 Å². The molecule has 0 amide bonds. The van der Waals surface area contributed by atoms with Gasteiger partial charge in [0.05, 0.1) is 17.4 Å². The van der Waals surface area contributed by atoms with E-state index in [1.165, 1.54) is 0 Å². The fraction of sp³-hybridized carbons (Fsp3) is 0.385. The number of aromatic amines is 1. The van der Waals surface area contributed by atoms with Crippen molar-refractivity contribution in [3.63, 3.8) is 0 Å². The maximum Gasteiger partial charge on any atom is 0.258 e. The third kappa shape index (κ3) is 2.94. The van der Waals surface area contributed by atoms with Crippen LogP contribution in [0.1, 0.15) is 12.2 Å². The molecular weight excluding hydrogens is 228 g/mol. The highest BCUT2D eigenvalue weighted by molar-refractivity contribution is 5.77. The van der Waals surface area contributed by atoms with Crippen LogP contribution in [0.25, 0.3) is 10.9 Å². The molecule has 1 heterocycles. The van der Waals surface area contributed by atoms with Crippen molar-refractivity contribution in [1.82, 2.24) is 14.9 Å². The summed E-state index contributed by atoms with van der Waals surface area (Å²) in [5.41, 5.74) is 6.13. The number of aromatic nitrogens is 2. The minimum absolute atomic E-state index is 0.0807. The molecule has 5 nitrogen and oxygen atoms in total. The predicted octanol–water partition coefficient (Wildman–Crippen LogP) is 0.704. The molecule has 3 N–H and O–H groups in total. The van der Waals surface area contributed by atoms with Gasteiger partial charge in [-0.05, 0) is 38.7 Å². The van der Waals surface area contributed by atoms with Gasteiger partial charge in [-0.1, -0.05) is 12.1 Å². The van der Waals surface area contributed by atoms with Crippen molar-refractivity contribution in [3.8, 4) is 0 Å². The van der Waals surface area contributed by atoms with Crippen molar-refractivity contribution in [2.45, 2.75) is 13.0 Å². The van der Waals surface area contributed by atoms with E-state index in [-0.39, 0.29) is 5.56 Å². The summed E-state index contributed by atoms with van der Waals surface area (Å²) in [4.78, 5) is 21.2. The largest absolute Gasteiger partial charge is 0.330 e. The SMILES string of the molecule is CN(CCCN)Cc1nc2ccccc2c(=O)[nH]1. The molecule has 0 saturated heterocycles. The van der Waals surface area contributed by atoms with Crippen LogP contribution in [0.3, 0.4) is 0 Å². The minimum atomic E-state index is -0.0807. The zero-order chi connectivity index (χ0) is 13.0. The number of nitrogens with two attached hydrogens (primary N) is 1. The van der Waals surface area contributed by atoms with Crippen LogP contribution in [0.2, 0.25) is 0 Å². The average molecular weight is 246 g/mol. The molecule has 0 aliphatic heterocycles. The Labute approximate surface area is 106 Å². The van der Waals surface area contributed by atoms with E-state index < -0.39 is 0 Å². The molecule has 2 aromatic rings. The van der Waals surface area contributed by atoms with Gasteiger partial charge in [-0.3, -0.25) is 9.69 Å². The molecule has 0 saturated carbocycles. The molecule has 0 spiro atoms. The lowest BCUT2D eigenvalue weighted by atomic mass is 10.2. The second-order valence-corrected chi connectivity index (χ2v) is 4.41. The summed E-state index contributed by atoms with van der Waals surface area (Å²) >= 11 is 0. The standard InChI is InChI=1S/C13H18N4O/c1-17(8-4-7-14)9-12-15-11-6-3-2-5-10(11)13(18)16-12/h2-3,5-6H,4,7-9,14H2,1H3,(H,15,16,18). The monoisotopic (exact) mass is 246 g/mol. The van der Waals surface area contributed by atoms with Crippen LogP contribution in [0.4, 0.5) is 0 Å². The molecule has 0 bridgehead atoms. The smallest absolute Gasteiger partial charge is 0.258 e. The van der Waals surface area contributed by atoms with Crippen LogP contribution in [0, 0.1) is 0 Å². The Balaban J connectivity index is 2.22. The molecule has 0 atom stereocenters. The maximum absolute atomic E-state index is 11.9. The van der Waals surface area contributed by atoms with Gasteiger partial charge in [0.2, 0.25) is 0 Å². The van der Waals surface area contributed by atoms with Gasteiger partial charge in [0.25, 0.3) is 5.56 Å². The van der Waals surface area contributed by atoms with E-state index in [0.29, 0.717) is 24.3 Å². The summed E-state index contributed by atoms with van der Waals surface area (Å²) in [5.74, 6) is 0.693. The number of H-pyrrole nitrogens is 1. The molecule has 0 fully saturated rings. The van der Waals surface area contributed by atoms with E-state index in [0.717, 1.165) is 18.5 Å². The zero-order valence-electron chi connectivity index (χ0n) is 10.5. The topological polar surface area (TPSA) is 75.0 Å². The lowest BCUT2D eigenvalue weighted by molar-refractivity contribution is 0.316. The summed E-state index contributed by atoms with van der Waals surface area (Å²) in [6.07, 6.45) is 0.939. The first-order valence-electron chi connectivity index (χ1n) is 6.07. The van der Waals surface area contributed by atoms with Gasteiger partial charge in [-0.15, -0.1) is 0 Å². The van der Waals surface area contributed by atoms with E-state index >= 15 is 0 Å². The normalized spacial score (nSPS) is 11.3. The number of hydrogen-bond donors (Lipinski definition) is 2. The van der Waals surface area contributed by atoms with Crippen molar-refractivity contribution < 1.29 is 0 Å². The minimum Gasteiger partial charge on any atom is -0.330 e. The second kappa shape index (κ2) is 5.75. The van der Waals surface area contributed by atoms with Crippen LogP contribution < -0.4 is 11.3 Å². The molecule has 1 aromatic heterocycles. The second-order valence-electron chi connectivity index (χ2n) is 4.41. The van der Waals surface area contributed by atoms with Gasteiger partial charge in [-0.2, -0.15) is 0 Å². The van der Waals surface area contributed by atoms with E-state index in [1.807, 2.05) is 25.2 Å². The summed E-state index contributed by atoms with van der Waals surface area (Å²) in [6, 6.07) is 7.36. The van der Waals surface area contributed by atoms with Gasteiger partial charge in [0, 0.05) is 0 Å². The van der Waals surface area contributed by atoms with E-state index in [4.69, 9.17) is 5.73 Å². The number of nitrogens with one attached hydrogen (secondary N) is 1. The number of fused-ring (bicyclic) bond motifs is 1. The lowest BCUT2D eigenvalue weighted by Gasteiger charge is -2.15. The number of benzene rings is 1. The summed E-state index contributed by atoms with van der Waals surface area (Å²) in [6.45, 7) is 2.19. The molecule has 0 unspecified atom stereocenters. The fourth-order valence-corrected chi connectivity index (χ4v) is 1.91. The lowest BCUT2D eigenvalue weighted by Crippen LogP contribution is -2.24. The first kappa shape index (κ1) is 12.7. The van der Waals surface area contributed by atoms with Crippen molar-refractivity contribution in [2.24, 2.45) is 5.73 Å².